The Bertz CT molecular complexity index is 1870. The molecule has 0 saturated carbocycles. The Labute approximate surface area is 492 Å². The van der Waals surface area contributed by atoms with E-state index < -0.39 is 6.10 Å². The quantitative estimate of drug-likeness (QED) is 0.0373. The van der Waals surface area contributed by atoms with Gasteiger partial charge in [0.1, 0.15) is 6.61 Å². The molecule has 0 bridgehead atoms. The van der Waals surface area contributed by atoms with E-state index in [-0.39, 0.29) is 25.2 Å². The summed E-state index contributed by atoms with van der Waals surface area (Å²) in [6.45, 7) is 3.89. The Morgan fingerprint density at radius 2 is 0.500 bits per heavy atom. The van der Waals surface area contributed by atoms with Crippen LogP contribution in [0.5, 0.6) is 0 Å². The molecule has 0 aliphatic heterocycles. The van der Waals surface area contributed by atoms with E-state index >= 15 is 0 Å². The van der Waals surface area contributed by atoms with Gasteiger partial charge in [-0.05, 0) is 141 Å². The van der Waals surface area contributed by atoms with Gasteiger partial charge in [0.25, 0.3) is 0 Å². The number of allylic oxidation sites excluding steroid dienone is 32. The van der Waals surface area contributed by atoms with E-state index in [1.54, 1.807) is 0 Å². The molecular formula is C75H116O5. The minimum absolute atomic E-state index is 0.0883. The van der Waals surface area contributed by atoms with Crippen LogP contribution in [-0.4, -0.2) is 36.4 Å². The zero-order valence-electron chi connectivity index (χ0n) is 51.0. The number of ether oxygens (including phenoxy) is 2. The summed E-state index contributed by atoms with van der Waals surface area (Å²) in [5.41, 5.74) is 0. The van der Waals surface area contributed by atoms with Crippen molar-refractivity contribution < 1.29 is 24.2 Å². The highest BCUT2D eigenvalue weighted by atomic mass is 16.6. The standard InChI is InChI=1S/C75H116O5/c1-3-5-7-9-11-13-15-17-19-21-23-25-27-29-31-33-35-36-37-38-40-42-44-46-48-50-52-54-56-58-60-62-64-66-68-70-75(78)80-73(71-76)72-79-74(77)69-67-65-63-61-59-57-55-53-51-49-47-45-43-41-39-34-32-30-28-26-24-22-20-18-16-14-12-10-8-6-4-2/h5-8,11-14,17-20,23-26,29-32,35-36,38-41,44-47,51,53,73,76H,3-4,9-10,15-16,21-22,27-28,33-34,37,42-43,48-50,52,54-72H2,1-2H3/b7-5-,8-6-,13-11-,14-12-,19-17-,20-18-,25-23-,26-24-,31-29-,32-30-,36-35-,40-38-,41-39-,46-44-,47-45-,53-51-. The molecule has 0 radical (unpaired) electrons. The van der Waals surface area contributed by atoms with E-state index in [0.717, 1.165) is 148 Å². The summed E-state index contributed by atoms with van der Waals surface area (Å²) in [6, 6.07) is 0. The van der Waals surface area contributed by atoms with Gasteiger partial charge in [-0.25, -0.2) is 0 Å². The monoisotopic (exact) mass is 1100 g/mol. The normalized spacial score (nSPS) is 13.6. The fraction of sp³-hybridized carbons (Fsp3) is 0.547. The van der Waals surface area contributed by atoms with Gasteiger partial charge in [0.05, 0.1) is 6.61 Å². The Morgan fingerprint density at radius 3 is 0.750 bits per heavy atom. The topological polar surface area (TPSA) is 72.8 Å². The van der Waals surface area contributed by atoms with Crippen molar-refractivity contribution in [3.63, 3.8) is 0 Å². The number of aliphatic hydroxyl groups excluding tert-OH is 1. The van der Waals surface area contributed by atoms with Gasteiger partial charge in [-0.2, -0.15) is 0 Å². The van der Waals surface area contributed by atoms with E-state index in [1.807, 2.05) is 0 Å². The lowest BCUT2D eigenvalue weighted by Gasteiger charge is -2.15. The molecule has 0 aliphatic carbocycles. The first-order valence-corrected chi connectivity index (χ1v) is 32.0. The van der Waals surface area contributed by atoms with Gasteiger partial charge in [0.15, 0.2) is 6.10 Å². The zero-order valence-corrected chi connectivity index (χ0v) is 51.0. The van der Waals surface area contributed by atoms with E-state index in [9.17, 15) is 14.7 Å². The Hall–Kier alpha value is -5.26. The maximum absolute atomic E-state index is 12.4. The van der Waals surface area contributed by atoms with Crippen LogP contribution >= 0.6 is 0 Å². The summed E-state index contributed by atoms with van der Waals surface area (Å²) in [7, 11) is 0. The lowest BCUT2D eigenvalue weighted by Crippen LogP contribution is -2.28. The molecule has 0 aromatic carbocycles. The number of carbonyl (C=O) groups is 2. The van der Waals surface area contributed by atoms with Crippen LogP contribution in [0.4, 0.5) is 0 Å². The summed E-state index contributed by atoms with van der Waals surface area (Å²) in [5, 5.41) is 9.69. The fourth-order valence-corrected chi connectivity index (χ4v) is 8.17. The van der Waals surface area contributed by atoms with E-state index in [1.165, 1.54) is 70.6 Å². The largest absolute Gasteiger partial charge is 0.462 e. The van der Waals surface area contributed by atoms with Gasteiger partial charge in [-0.1, -0.05) is 285 Å². The summed E-state index contributed by atoms with van der Waals surface area (Å²) in [5.74, 6) is -0.625. The smallest absolute Gasteiger partial charge is 0.306 e. The molecule has 5 heteroatoms. The highest BCUT2D eigenvalue weighted by molar-refractivity contribution is 5.70. The molecule has 446 valence electrons. The van der Waals surface area contributed by atoms with Crippen molar-refractivity contribution >= 4 is 11.9 Å². The van der Waals surface area contributed by atoms with Gasteiger partial charge in [0.2, 0.25) is 0 Å². The summed E-state index contributed by atoms with van der Waals surface area (Å²) < 4.78 is 10.7. The SMILES string of the molecule is CC/C=C\C/C=C\C/C=C\C/C=C\C/C=C\C/C=C\C/C=C\C/C=C\CCCCCCCCCCCCC(=O)OC(CO)COC(=O)CCCCCCCC/C=C\C/C=C\C/C=C\C/C=C\C/C=C\C/C=C\C/C=C\C/C=C\CC. The van der Waals surface area contributed by atoms with Crippen molar-refractivity contribution in [3.8, 4) is 0 Å². The first-order valence-electron chi connectivity index (χ1n) is 32.0. The predicted octanol–water partition coefficient (Wildman–Crippen LogP) is 22.4. The molecule has 0 saturated heterocycles. The summed E-state index contributed by atoms with van der Waals surface area (Å²) in [4.78, 5) is 24.6. The van der Waals surface area contributed by atoms with Gasteiger partial charge >= 0.3 is 11.9 Å². The first-order chi connectivity index (χ1) is 39.6. The number of aliphatic hydroxyl groups is 1. The number of hydrogen-bond acceptors (Lipinski definition) is 5. The molecule has 0 heterocycles. The molecule has 1 N–H and O–H groups in total. The number of esters is 2. The highest BCUT2D eigenvalue weighted by Gasteiger charge is 2.16. The van der Waals surface area contributed by atoms with Crippen LogP contribution in [0, 0.1) is 0 Å². The second kappa shape index (κ2) is 68.0. The van der Waals surface area contributed by atoms with Crippen molar-refractivity contribution in [1.29, 1.82) is 0 Å². The average Bonchev–Trinajstić information content (AvgIpc) is 3.46. The van der Waals surface area contributed by atoms with Gasteiger partial charge in [-0.3, -0.25) is 9.59 Å². The second-order valence-electron chi connectivity index (χ2n) is 20.4. The summed E-state index contributed by atoms with van der Waals surface area (Å²) in [6.07, 6.45) is 108. The third kappa shape index (κ3) is 65.3. The second-order valence-corrected chi connectivity index (χ2v) is 20.4. The van der Waals surface area contributed by atoms with Crippen LogP contribution in [0.15, 0.2) is 194 Å². The molecule has 5 nitrogen and oxygen atoms in total. The molecule has 0 aromatic heterocycles. The lowest BCUT2D eigenvalue weighted by molar-refractivity contribution is -0.161. The number of hydrogen-bond donors (Lipinski definition) is 1. The van der Waals surface area contributed by atoms with Gasteiger partial charge < -0.3 is 14.6 Å². The van der Waals surface area contributed by atoms with Crippen LogP contribution in [-0.2, 0) is 19.1 Å². The molecule has 80 heavy (non-hydrogen) atoms. The Balaban J connectivity index is 3.63. The van der Waals surface area contributed by atoms with Crippen molar-refractivity contribution in [2.24, 2.45) is 0 Å². The van der Waals surface area contributed by atoms with Crippen molar-refractivity contribution in [1.82, 2.24) is 0 Å². The van der Waals surface area contributed by atoms with E-state index in [0.29, 0.717) is 12.8 Å². The minimum Gasteiger partial charge on any atom is -0.462 e. The molecule has 0 amide bonds. The van der Waals surface area contributed by atoms with Crippen molar-refractivity contribution in [2.45, 2.75) is 251 Å². The van der Waals surface area contributed by atoms with Crippen LogP contribution in [0.1, 0.15) is 245 Å². The first kappa shape index (κ1) is 74.7. The third-order valence-corrected chi connectivity index (χ3v) is 12.9. The number of unbranched alkanes of at least 4 members (excludes halogenated alkanes) is 16. The van der Waals surface area contributed by atoms with E-state index in [2.05, 4.69) is 208 Å². The fourth-order valence-electron chi connectivity index (χ4n) is 8.17. The molecule has 0 rings (SSSR count). The average molecular weight is 1100 g/mol. The molecule has 0 spiro atoms. The zero-order chi connectivity index (χ0) is 57.6. The van der Waals surface area contributed by atoms with Crippen LogP contribution in [0.3, 0.4) is 0 Å². The highest BCUT2D eigenvalue weighted by Crippen LogP contribution is 2.14. The van der Waals surface area contributed by atoms with Crippen LogP contribution in [0.25, 0.3) is 0 Å². The predicted molar refractivity (Wildman–Crippen MR) is 352 cm³/mol. The molecule has 0 aromatic rings. The summed E-state index contributed by atoms with van der Waals surface area (Å²) >= 11 is 0. The van der Waals surface area contributed by atoms with Crippen LogP contribution in [0.2, 0.25) is 0 Å². The Kier molecular flexibility index (Phi) is 63.5. The van der Waals surface area contributed by atoms with Crippen molar-refractivity contribution in [2.75, 3.05) is 13.2 Å². The van der Waals surface area contributed by atoms with Crippen molar-refractivity contribution in [3.05, 3.63) is 194 Å². The Morgan fingerprint density at radius 1 is 0.287 bits per heavy atom. The maximum atomic E-state index is 12.4. The minimum atomic E-state index is -0.798. The van der Waals surface area contributed by atoms with Crippen LogP contribution < -0.4 is 0 Å². The number of carbonyl (C=O) groups excluding carboxylic acids is 2. The molecule has 1 atom stereocenters. The molecular weight excluding hydrogens is 981 g/mol. The van der Waals surface area contributed by atoms with Gasteiger partial charge in [0, 0.05) is 12.8 Å². The van der Waals surface area contributed by atoms with Gasteiger partial charge in [-0.15, -0.1) is 0 Å². The molecule has 0 fully saturated rings. The van der Waals surface area contributed by atoms with E-state index in [4.69, 9.17) is 9.47 Å². The lowest BCUT2D eigenvalue weighted by atomic mass is 10.0. The molecule has 0 aliphatic rings. The number of rotatable bonds is 56. The third-order valence-electron chi connectivity index (χ3n) is 12.9. The molecule has 1 unspecified atom stereocenters. The maximum Gasteiger partial charge on any atom is 0.306 e.